The van der Waals surface area contributed by atoms with E-state index in [-0.39, 0.29) is 22.6 Å². The second kappa shape index (κ2) is 12.5. The van der Waals surface area contributed by atoms with Crippen molar-refractivity contribution in [2.45, 2.75) is 13.8 Å². The SMILES string of the molecule is CC(=NCCN(CCN)CCN=C(C)c1cccc(C(=O)O)c1O)c1cccc(C(=O)O)c1O. The van der Waals surface area contributed by atoms with Crippen molar-refractivity contribution in [3.8, 4) is 11.5 Å². The molecule has 0 atom stereocenters. The molecule has 0 aliphatic carbocycles. The van der Waals surface area contributed by atoms with Crippen LogP contribution >= 0.6 is 0 Å². The van der Waals surface area contributed by atoms with Gasteiger partial charge in [-0.1, -0.05) is 12.1 Å². The number of rotatable bonds is 12. The number of phenols is 2. The Bertz CT molecular complexity index is 1010. The van der Waals surface area contributed by atoms with Crippen LogP contribution in [0.25, 0.3) is 0 Å². The number of carbonyl (C=O) groups is 2. The van der Waals surface area contributed by atoms with E-state index in [0.29, 0.717) is 61.8 Å². The predicted octanol–water partition coefficient (Wildman–Crippen LogP) is 2.07. The molecule has 34 heavy (non-hydrogen) atoms. The van der Waals surface area contributed by atoms with Crippen LogP contribution in [0, 0.1) is 0 Å². The molecule has 0 aliphatic rings. The second-order valence-corrected chi connectivity index (χ2v) is 7.58. The van der Waals surface area contributed by atoms with E-state index in [1.165, 1.54) is 12.1 Å². The molecule has 10 nitrogen and oxygen atoms in total. The van der Waals surface area contributed by atoms with Crippen LogP contribution in [0.5, 0.6) is 11.5 Å². The van der Waals surface area contributed by atoms with Crippen molar-refractivity contribution in [3.63, 3.8) is 0 Å². The van der Waals surface area contributed by atoms with Gasteiger partial charge in [0.25, 0.3) is 0 Å². The lowest BCUT2D eigenvalue weighted by atomic mass is 10.1. The van der Waals surface area contributed by atoms with Crippen LogP contribution < -0.4 is 5.73 Å². The minimum absolute atomic E-state index is 0.176. The molecule has 0 unspecified atom stereocenters. The maximum Gasteiger partial charge on any atom is 0.339 e. The number of aromatic carboxylic acids is 2. The Morgan fingerprint density at radius 3 is 1.50 bits per heavy atom. The normalized spacial score (nSPS) is 12.2. The van der Waals surface area contributed by atoms with Crippen LogP contribution in [0.2, 0.25) is 0 Å². The number of nitrogens with two attached hydrogens (primary N) is 1. The molecule has 0 bridgehead atoms. The fraction of sp³-hybridized carbons (Fsp3) is 0.333. The topological polar surface area (TPSA) is 169 Å². The van der Waals surface area contributed by atoms with E-state index in [2.05, 4.69) is 14.9 Å². The van der Waals surface area contributed by atoms with Gasteiger partial charge in [0, 0.05) is 48.7 Å². The summed E-state index contributed by atoms with van der Waals surface area (Å²) in [5.41, 5.74) is 7.15. The highest BCUT2D eigenvalue weighted by atomic mass is 16.4. The molecule has 6 N–H and O–H groups in total. The first-order valence-corrected chi connectivity index (χ1v) is 10.7. The molecule has 0 amide bonds. The minimum Gasteiger partial charge on any atom is -0.506 e. The zero-order valence-corrected chi connectivity index (χ0v) is 19.2. The van der Waals surface area contributed by atoms with Crippen molar-refractivity contribution in [1.82, 2.24) is 4.90 Å². The Morgan fingerprint density at radius 2 is 1.15 bits per heavy atom. The van der Waals surface area contributed by atoms with Crippen molar-refractivity contribution in [1.29, 1.82) is 0 Å². The van der Waals surface area contributed by atoms with Crippen LogP contribution in [0.15, 0.2) is 46.4 Å². The average Bonchev–Trinajstić information content (AvgIpc) is 2.78. The predicted molar refractivity (Wildman–Crippen MR) is 130 cm³/mol. The van der Waals surface area contributed by atoms with Gasteiger partial charge in [0.15, 0.2) is 0 Å². The highest BCUT2D eigenvalue weighted by Crippen LogP contribution is 2.24. The maximum absolute atomic E-state index is 11.2. The summed E-state index contributed by atoms with van der Waals surface area (Å²) in [6, 6.07) is 9.01. The van der Waals surface area contributed by atoms with Crippen molar-refractivity contribution in [3.05, 3.63) is 58.7 Å². The number of aromatic hydroxyl groups is 2. The molecular weight excluding hydrogens is 440 g/mol. The van der Waals surface area contributed by atoms with Crippen molar-refractivity contribution in [2.24, 2.45) is 15.7 Å². The van der Waals surface area contributed by atoms with Gasteiger partial charge in [0.2, 0.25) is 0 Å². The van der Waals surface area contributed by atoms with Crippen LogP contribution in [0.4, 0.5) is 0 Å². The van der Waals surface area contributed by atoms with Crippen molar-refractivity contribution < 1.29 is 30.0 Å². The standard InChI is InChI=1S/C24H30N4O6/c1-15(17-5-3-7-19(21(17)29)23(31)32)26-10-13-28(12-9-25)14-11-27-16(2)18-6-4-8-20(22(18)30)24(33)34/h3-8,29-30H,9-14,25H2,1-2H3,(H,31,32)(H,33,34). The molecule has 0 saturated heterocycles. The number of hydrogen-bond acceptors (Lipinski definition) is 8. The van der Waals surface area contributed by atoms with E-state index >= 15 is 0 Å². The molecule has 182 valence electrons. The zero-order valence-electron chi connectivity index (χ0n) is 19.2. The average molecular weight is 471 g/mol. The van der Waals surface area contributed by atoms with Gasteiger partial charge in [-0.2, -0.15) is 0 Å². The van der Waals surface area contributed by atoms with E-state index in [4.69, 9.17) is 15.9 Å². The fourth-order valence-corrected chi connectivity index (χ4v) is 3.42. The largest absolute Gasteiger partial charge is 0.506 e. The van der Waals surface area contributed by atoms with Gasteiger partial charge in [-0.25, -0.2) is 9.59 Å². The van der Waals surface area contributed by atoms with Gasteiger partial charge in [-0.05, 0) is 38.1 Å². The summed E-state index contributed by atoms with van der Waals surface area (Å²) >= 11 is 0. The van der Waals surface area contributed by atoms with Crippen molar-refractivity contribution in [2.75, 3.05) is 39.3 Å². The van der Waals surface area contributed by atoms with Gasteiger partial charge in [0.05, 0.1) is 13.1 Å². The number of benzene rings is 2. The first kappa shape index (κ1) is 26.5. The quantitative estimate of drug-likeness (QED) is 0.294. The minimum atomic E-state index is -1.21. The molecule has 0 heterocycles. The Balaban J connectivity index is 2.01. The number of hydrogen-bond donors (Lipinski definition) is 5. The summed E-state index contributed by atoms with van der Waals surface area (Å²) in [5.74, 6) is -3.04. The van der Waals surface area contributed by atoms with E-state index in [1.807, 2.05) is 0 Å². The van der Waals surface area contributed by atoms with Gasteiger partial charge in [0.1, 0.15) is 22.6 Å². The number of nitrogens with zero attached hydrogens (tertiary/aromatic N) is 3. The van der Waals surface area contributed by atoms with Gasteiger partial charge in [-0.3, -0.25) is 14.9 Å². The van der Waals surface area contributed by atoms with E-state index in [9.17, 15) is 19.8 Å². The maximum atomic E-state index is 11.2. The lowest BCUT2D eigenvalue weighted by Gasteiger charge is -2.20. The summed E-state index contributed by atoms with van der Waals surface area (Å²) in [5, 5.41) is 38.7. The third-order valence-corrected chi connectivity index (χ3v) is 5.29. The number of para-hydroxylation sites is 2. The molecule has 0 aromatic heterocycles. The molecule has 0 aliphatic heterocycles. The molecular formula is C24H30N4O6. The molecule has 10 heteroatoms. The summed E-state index contributed by atoms with van der Waals surface area (Å²) in [4.78, 5) is 33.4. The van der Waals surface area contributed by atoms with E-state index in [0.717, 1.165) is 0 Å². The monoisotopic (exact) mass is 470 g/mol. The summed E-state index contributed by atoms with van der Waals surface area (Å²) in [6.07, 6.45) is 0. The summed E-state index contributed by atoms with van der Waals surface area (Å²) < 4.78 is 0. The Hall–Kier alpha value is -3.76. The molecule has 2 rings (SSSR count). The molecule has 0 fully saturated rings. The first-order chi connectivity index (χ1) is 16.2. The number of aliphatic imine (C=N–C) groups is 2. The van der Waals surface area contributed by atoms with E-state index < -0.39 is 11.9 Å². The smallest absolute Gasteiger partial charge is 0.339 e. The number of carboxylic acid groups (broad SMARTS) is 2. The lowest BCUT2D eigenvalue weighted by Crippen LogP contribution is -2.34. The molecule has 2 aromatic carbocycles. The molecule has 2 aromatic rings. The first-order valence-electron chi connectivity index (χ1n) is 10.7. The van der Waals surface area contributed by atoms with Crippen LogP contribution in [-0.2, 0) is 0 Å². The Morgan fingerprint density at radius 1 is 0.765 bits per heavy atom. The molecule has 0 radical (unpaired) electrons. The fourth-order valence-electron chi connectivity index (χ4n) is 3.42. The van der Waals surface area contributed by atoms with E-state index in [1.54, 1.807) is 38.1 Å². The molecule has 0 saturated carbocycles. The van der Waals surface area contributed by atoms with Gasteiger partial charge >= 0.3 is 11.9 Å². The van der Waals surface area contributed by atoms with Crippen molar-refractivity contribution >= 4 is 23.4 Å². The number of carboxylic acids is 2. The summed E-state index contributed by atoms with van der Waals surface area (Å²) in [7, 11) is 0. The van der Waals surface area contributed by atoms with Gasteiger partial charge < -0.3 is 26.2 Å². The highest BCUT2D eigenvalue weighted by Gasteiger charge is 2.15. The van der Waals surface area contributed by atoms with Crippen LogP contribution in [-0.4, -0.2) is 88.0 Å². The third kappa shape index (κ3) is 6.87. The van der Waals surface area contributed by atoms with Crippen LogP contribution in [0.3, 0.4) is 0 Å². The summed E-state index contributed by atoms with van der Waals surface area (Å²) in [6.45, 7) is 6.43. The highest BCUT2D eigenvalue weighted by molar-refractivity contribution is 6.05. The second-order valence-electron chi connectivity index (χ2n) is 7.58. The van der Waals surface area contributed by atoms with Gasteiger partial charge in [-0.15, -0.1) is 0 Å². The Labute approximate surface area is 197 Å². The lowest BCUT2D eigenvalue weighted by molar-refractivity contribution is 0.0682. The Kier molecular flexibility index (Phi) is 9.72. The van der Waals surface area contributed by atoms with Crippen LogP contribution in [0.1, 0.15) is 45.7 Å². The zero-order chi connectivity index (χ0) is 25.3. The third-order valence-electron chi connectivity index (χ3n) is 5.29. The molecule has 0 spiro atoms.